The van der Waals surface area contributed by atoms with Crippen LogP contribution in [0.3, 0.4) is 0 Å². The Hall–Kier alpha value is -2.74. The summed E-state index contributed by atoms with van der Waals surface area (Å²) < 4.78 is 51.8. The second-order valence-corrected chi connectivity index (χ2v) is 7.13. The maximum absolute atomic E-state index is 13.8. The van der Waals surface area contributed by atoms with E-state index >= 15 is 0 Å². The van der Waals surface area contributed by atoms with E-state index in [1.54, 1.807) is 31.4 Å². The van der Waals surface area contributed by atoms with Gasteiger partial charge < -0.3 is 19.8 Å². The predicted octanol–water partition coefficient (Wildman–Crippen LogP) is 4.73. The maximum atomic E-state index is 13.8. The smallest absolute Gasteiger partial charge is 0.416 e. The summed E-state index contributed by atoms with van der Waals surface area (Å²) in [5.74, 6) is 1.46. The number of H-pyrrole nitrogens is 1. The number of alkyl halides is 3. The van der Waals surface area contributed by atoms with Crippen molar-refractivity contribution in [1.82, 2.24) is 15.3 Å². The first-order chi connectivity index (χ1) is 13.9. The number of ether oxygens (including phenoxy) is 2. The molecule has 3 aromatic rings. The van der Waals surface area contributed by atoms with Crippen LogP contribution in [0, 0.1) is 0 Å². The van der Waals surface area contributed by atoms with Crippen LogP contribution in [0.2, 0.25) is 0 Å². The van der Waals surface area contributed by atoms with Crippen LogP contribution in [0.25, 0.3) is 22.4 Å². The molecule has 1 fully saturated rings. The zero-order chi connectivity index (χ0) is 20.6. The van der Waals surface area contributed by atoms with Gasteiger partial charge in [-0.1, -0.05) is 0 Å². The van der Waals surface area contributed by atoms with E-state index in [-0.39, 0.29) is 5.92 Å². The first kappa shape index (κ1) is 19.6. The van der Waals surface area contributed by atoms with Crippen LogP contribution in [0.15, 0.2) is 30.3 Å². The number of hydrogen-bond donors (Lipinski definition) is 2. The maximum Gasteiger partial charge on any atom is 0.416 e. The molecule has 1 aliphatic heterocycles. The van der Waals surface area contributed by atoms with Crippen LogP contribution in [-0.4, -0.2) is 37.3 Å². The van der Waals surface area contributed by atoms with Crippen molar-refractivity contribution in [2.75, 3.05) is 27.3 Å². The van der Waals surface area contributed by atoms with Gasteiger partial charge in [0.05, 0.1) is 30.8 Å². The van der Waals surface area contributed by atoms with Crippen molar-refractivity contribution in [2.45, 2.75) is 24.9 Å². The summed E-state index contributed by atoms with van der Waals surface area (Å²) in [5, 5.41) is 3.20. The molecule has 0 atom stereocenters. The highest BCUT2D eigenvalue weighted by atomic mass is 19.4. The first-order valence-electron chi connectivity index (χ1n) is 9.44. The Morgan fingerprint density at radius 2 is 1.72 bits per heavy atom. The molecule has 4 rings (SSSR count). The van der Waals surface area contributed by atoms with Crippen molar-refractivity contribution >= 4 is 11.0 Å². The molecule has 0 amide bonds. The van der Waals surface area contributed by atoms with E-state index in [1.807, 2.05) is 0 Å². The van der Waals surface area contributed by atoms with E-state index in [9.17, 15) is 13.2 Å². The van der Waals surface area contributed by atoms with E-state index in [2.05, 4.69) is 15.3 Å². The molecular formula is C21H22F3N3O2. The Bertz CT molecular complexity index is 1020. The largest absolute Gasteiger partial charge is 0.493 e. The highest BCUT2D eigenvalue weighted by molar-refractivity contribution is 5.82. The Kier molecular flexibility index (Phi) is 5.12. The Balaban J connectivity index is 1.81. The number of aromatic amines is 1. The van der Waals surface area contributed by atoms with Crippen LogP contribution >= 0.6 is 0 Å². The molecule has 5 nitrogen and oxygen atoms in total. The first-order valence-corrected chi connectivity index (χ1v) is 9.44. The number of nitrogens with one attached hydrogen (secondary N) is 2. The second kappa shape index (κ2) is 7.59. The summed E-state index contributed by atoms with van der Waals surface area (Å²) in [5.41, 5.74) is 1.34. The van der Waals surface area contributed by atoms with Gasteiger partial charge in [0, 0.05) is 5.56 Å². The third-order valence-electron chi connectivity index (χ3n) is 5.39. The fraction of sp³-hybridized carbons (Fsp3) is 0.381. The molecule has 2 N–H and O–H groups in total. The van der Waals surface area contributed by atoms with Crippen molar-refractivity contribution in [3.05, 3.63) is 41.5 Å². The third kappa shape index (κ3) is 3.76. The minimum Gasteiger partial charge on any atom is -0.493 e. The number of methoxy groups -OCH3 is 2. The summed E-state index contributed by atoms with van der Waals surface area (Å²) >= 11 is 0. The summed E-state index contributed by atoms with van der Waals surface area (Å²) in [7, 11) is 3.07. The summed E-state index contributed by atoms with van der Waals surface area (Å²) in [6.07, 6.45) is -3.05. The number of benzene rings is 2. The van der Waals surface area contributed by atoms with Crippen molar-refractivity contribution in [3.8, 4) is 22.9 Å². The van der Waals surface area contributed by atoms with E-state index in [1.165, 1.54) is 7.11 Å². The molecule has 1 saturated heterocycles. The molecule has 154 valence electrons. The SMILES string of the molecule is COc1ccc(-c2nc3cc(C(F)(F)F)c(C4CCNCC4)cc3[nH]2)cc1OC. The lowest BCUT2D eigenvalue weighted by atomic mass is 9.86. The molecule has 0 radical (unpaired) electrons. The zero-order valence-corrected chi connectivity index (χ0v) is 16.2. The van der Waals surface area contributed by atoms with E-state index in [0.29, 0.717) is 52.3 Å². The number of imidazole rings is 1. The molecule has 0 spiro atoms. The number of nitrogens with zero attached hydrogens (tertiary/aromatic N) is 1. The molecule has 8 heteroatoms. The molecule has 0 unspecified atom stereocenters. The highest BCUT2D eigenvalue weighted by Crippen LogP contribution is 2.40. The Morgan fingerprint density at radius 3 is 2.38 bits per heavy atom. The molecular weight excluding hydrogens is 383 g/mol. The minimum atomic E-state index is -4.42. The number of piperidine rings is 1. The molecule has 29 heavy (non-hydrogen) atoms. The number of hydrogen-bond acceptors (Lipinski definition) is 4. The van der Waals surface area contributed by atoms with Crippen LogP contribution in [0.4, 0.5) is 13.2 Å². The van der Waals surface area contributed by atoms with Crippen LogP contribution in [-0.2, 0) is 6.18 Å². The van der Waals surface area contributed by atoms with Crippen LogP contribution < -0.4 is 14.8 Å². The fourth-order valence-electron chi connectivity index (χ4n) is 3.91. The van der Waals surface area contributed by atoms with Crippen molar-refractivity contribution < 1.29 is 22.6 Å². The number of fused-ring (bicyclic) bond motifs is 1. The van der Waals surface area contributed by atoms with Gasteiger partial charge in [-0.3, -0.25) is 0 Å². The summed E-state index contributed by atoms with van der Waals surface area (Å²) in [6, 6.07) is 8.05. The van der Waals surface area contributed by atoms with E-state index in [4.69, 9.17) is 9.47 Å². The van der Waals surface area contributed by atoms with Gasteiger partial charge in [0.1, 0.15) is 5.82 Å². The number of halogens is 3. The normalized spacial score (nSPS) is 15.6. The molecule has 0 bridgehead atoms. The van der Waals surface area contributed by atoms with Gasteiger partial charge >= 0.3 is 6.18 Å². The minimum absolute atomic E-state index is 0.120. The number of rotatable bonds is 4. The molecule has 0 saturated carbocycles. The quantitative estimate of drug-likeness (QED) is 0.659. The second-order valence-electron chi connectivity index (χ2n) is 7.13. The van der Waals surface area contributed by atoms with E-state index < -0.39 is 11.7 Å². The lowest BCUT2D eigenvalue weighted by molar-refractivity contribution is -0.138. The van der Waals surface area contributed by atoms with E-state index in [0.717, 1.165) is 19.2 Å². The van der Waals surface area contributed by atoms with Crippen molar-refractivity contribution in [2.24, 2.45) is 0 Å². The average molecular weight is 405 g/mol. The Morgan fingerprint density at radius 1 is 1.00 bits per heavy atom. The number of aromatic nitrogens is 2. The van der Waals surface area contributed by atoms with Gasteiger partial charge in [0.25, 0.3) is 0 Å². The Labute approximate surface area is 166 Å². The lowest BCUT2D eigenvalue weighted by Gasteiger charge is -2.25. The zero-order valence-electron chi connectivity index (χ0n) is 16.2. The molecule has 2 aromatic carbocycles. The lowest BCUT2D eigenvalue weighted by Crippen LogP contribution is -2.27. The highest BCUT2D eigenvalue weighted by Gasteiger charge is 2.36. The predicted molar refractivity (Wildman–Crippen MR) is 104 cm³/mol. The van der Waals surface area contributed by atoms with Gasteiger partial charge in [-0.05, 0) is 67.7 Å². The van der Waals surface area contributed by atoms with Gasteiger partial charge in [-0.2, -0.15) is 13.2 Å². The van der Waals surface area contributed by atoms with Crippen molar-refractivity contribution in [3.63, 3.8) is 0 Å². The van der Waals surface area contributed by atoms with Gasteiger partial charge in [-0.25, -0.2) is 4.98 Å². The third-order valence-corrected chi connectivity index (χ3v) is 5.39. The summed E-state index contributed by atoms with van der Waals surface area (Å²) in [4.78, 5) is 7.58. The molecule has 1 aromatic heterocycles. The fourth-order valence-corrected chi connectivity index (χ4v) is 3.91. The topological polar surface area (TPSA) is 59.2 Å². The van der Waals surface area contributed by atoms with Gasteiger partial charge in [0.15, 0.2) is 11.5 Å². The molecule has 2 heterocycles. The van der Waals surface area contributed by atoms with Gasteiger partial charge in [0.2, 0.25) is 0 Å². The monoisotopic (exact) mass is 405 g/mol. The van der Waals surface area contributed by atoms with Gasteiger partial charge in [-0.15, -0.1) is 0 Å². The molecule has 0 aliphatic carbocycles. The van der Waals surface area contributed by atoms with Crippen LogP contribution in [0.1, 0.15) is 29.9 Å². The standard InChI is InChI=1S/C21H22F3N3O2/c1-28-18-4-3-13(9-19(18)29-2)20-26-16-10-14(12-5-7-25-8-6-12)15(21(22,23)24)11-17(16)27-20/h3-4,9-12,25H,5-8H2,1-2H3,(H,26,27). The van der Waals surface area contributed by atoms with Crippen molar-refractivity contribution in [1.29, 1.82) is 0 Å². The summed E-state index contributed by atoms with van der Waals surface area (Å²) in [6.45, 7) is 1.44. The molecule has 1 aliphatic rings. The van der Waals surface area contributed by atoms with Crippen LogP contribution in [0.5, 0.6) is 11.5 Å². The average Bonchev–Trinajstić information content (AvgIpc) is 3.15.